The van der Waals surface area contributed by atoms with Gasteiger partial charge in [0.25, 0.3) is 0 Å². The van der Waals surface area contributed by atoms with Crippen LogP contribution in [-0.2, 0) is 27.2 Å². The topological polar surface area (TPSA) is 106 Å². The van der Waals surface area contributed by atoms with Crippen LogP contribution < -0.4 is 15.5 Å². The van der Waals surface area contributed by atoms with Crippen molar-refractivity contribution < 1.29 is 23.9 Å². The highest BCUT2D eigenvalue weighted by atomic mass is 32.1. The molecule has 2 N–H and O–H groups in total. The van der Waals surface area contributed by atoms with Gasteiger partial charge in [-0.2, -0.15) is 5.10 Å². The molecule has 0 saturated heterocycles. The molecule has 9 heteroatoms. The summed E-state index contributed by atoms with van der Waals surface area (Å²) >= 11 is 1.33. The number of carbonyl (C=O) groups excluding carboxylic acids is 3. The molecule has 1 aliphatic carbocycles. The SMILES string of the molecule is CCOC(=O)c1c(NC(=O)C(=O)N/N=C\c2cccc(OC)c2)sc2c1CC[C@@H](C)C2. The fourth-order valence-electron chi connectivity index (χ4n) is 3.36. The van der Waals surface area contributed by atoms with E-state index in [4.69, 9.17) is 9.47 Å². The maximum absolute atomic E-state index is 12.5. The van der Waals surface area contributed by atoms with Crippen LogP contribution in [0.1, 0.15) is 46.6 Å². The van der Waals surface area contributed by atoms with Gasteiger partial charge < -0.3 is 14.8 Å². The van der Waals surface area contributed by atoms with E-state index in [2.05, 4.69) is 22.8 Å². The van der Waals surface area contributed by atoms with Crippen LogP contribution in [0.25, 0.3) is 0 Å². The van der Waals surface area contributed by atoms with Gasteiger partial charge in [-0.15, -0.1) is 11.3 Å². The Morgan fingerprint density at radius 1 is 1.29 bits per heavy atom. The minimum Gasteiger partial charge on any atom is -0.497 e. The van der Waals surface area contributed by atoms with E-state index in [1.807, 2.05) is 0 Å². The molecule has 8 nitrogen and oxygen atoms in total. The summed E-state index contributed by atoms with van der Waals surface area (Å²) in [6.07, 6.45) is 3.94. The van der Waals surface area contributed by atoms with Crippen molar-refractivity contribution in [3.63, 3.8) is 0 Å². The number of methoxy groups -OCH3 is 1. The Morgan fingerprint density at radius 3 is 2.84 bits per heavy atom. The first-order chi connectivity index (χ1) is 14.9. The normalized spacial score (nSPS) is 15.3. The molecular formula is C22H25N3O5S. The quantitative estimate of drug-likeness (QED) is 0.309. The monoisotopic (exact) mass is 443 g/mol. The van der Waals surface area contributed by atoms with Gasteiger partial charge in [0.15, 0.2) is 0 Å². The Kier molecular flexibility index (Phi) is 7.41. The van der Waals surface area contributed by atoms with Gasteiger partial charge in [-0.1, -0.05) is 19.1 Å². The summed E-state index contributed by atoms with van der Waals surface area (Å²) in [6.45, 7) is 4.11. The number of fused-ring (bicyclic) bond motifs is 1. The number of nitrogens with zero attached hydrogens (tertiary/aromatic N) is 1. The van der Waals surface area contributed by atoms with Crippen LogP contribution in [0.2, 0.25) is 0 Å². The van der Waals surface area contributed by atoms with Crippen molar-refractivity contribution in [2.45, 2.75) is 33.1 Å². The van der Waals surface area contributed by atoms with E-state index < -0.39 is 17.8 Å². The van der Waals surface area contributed by atoms with E-state index in [-0.39, 0.29) is 6.61 Å². The van der Waals surface area contributed by atoms with Gasteiger partial charge in [-0.3, -0.25) is 9.59 Å². The van der Waals surface area contributed by atoms with Crippen molar-refractivity contribution >= 4 is 40.3 Å². The molecular weight excluding hydrogens is 418 g/mol. The smallest absolute Gasteiger partial charge is 0.341 e. The minimum atomic E-state index is -0.936. The molecule has 0 bridgehead atoms. The van der Waals surface area contributed by atoms with Crippen LogP contribution >= 0.6 is 11.3 Å². The first-order valence-electron chi connectivity index (χ1n) is 10.0. The number of hydrazone groups is 1. The van der Waals surface area contributed by atoms with Crippen molar-refractivity contribution in [3.8, 4) is 5.75 Å². The Bertz CT molecular complexity index is 1010. The van der Waals surface area contributed by atoms with Gasteiger partial charge in [-0.25, -0.2) is 10.2 Å². The fraction of sp³-hybridized carbons (Fsp3) is 0.364. The van der Waals surface area contributed by atoms with Gasteiger partial charge in [0.05, 0.1) is 25.5 Å². The van der Waals surface area contributed by atoms with Crippen molar-refractivity contribution in [2.24, 2.45) is 11.0 Å². The number of benzene rings is 1. The number of esters is 1. The highest BCUT2D eigenvalue weighted by Crippen LogP contribution is 2.40. The van der Waals surface area contributed by atoms with Crippen molar-refractivity contribution in [1.82, 2.24) is 5.43 Å². The zero-order chi connectivity index (χ0) is 22.4. The summed E-state index contributed by atoms with van der Waals surface area (Å²) in [7, 11) is 1.55. The lowest BCUT2D eigenvalue weighted by Gasteiger charge is -2.18. The second kappa shape index (κ2) is 10.2. The van der Waals surface area contributed by atoms with E-state index in [9.17, 15) is 14.4 Å². The maximum atomic E-state index is 12.5. The number of rotatable bonds is 6. The molecule has 1 heterocycles. The Hall–Kier alpha value is -3.20. The van der Waals surface area contributed by atoms with Crippen LogP contribution in [0.15, 0.2) is 29.4 Å². The predicted molar refractivity (Wildman–Crippen MR) is 119 cm³/mol. The number of thiophene rings is 1. The molecule has 0 fully saturated rings. The number of nitrogens with one attached hydrogen (secondary N) is 2. The first kappa shape index (κ1) is 22.5. The number of carbonyl (C=O) groups is 3. The Balaban J connectivity index is 1.71. The molecule has 0 saturated carbocycles. The van der Waals surface area contributed by atoms with Gasteiger partial charge in [-0.05, 0) is 55.4 Å². The zero-order valence-electron chi connectivity index (χ0n) is 17.7. The van der Waals surface area contributed by atoms with Crippen LogP contribution in [-0.4, -0.2) is 37.7 Å². The molecule has 1 aromatic carbocycles. The minimum absolute atomic E-state index is 0.229. The molecule has 1 atom stereocenters. The third-order valence-corrected chi connectivity index (χ3v) is 6.07. The van der Waals surface area contributed by atoms with E-state index in [0.717, 1.165) is 29.7 Å². The largest absolute Gasteiger partial charge is 0.497 e. The first-order valence-corrected chi connectivity index (χ1v) is 10.8. The zero-order valence-corrected chi connectivity index (χ0v) is 18.5. The third-order valence-electron chi connectivity index (χ3n) is 4.90. The molecule has 2 aromatic rings. The van der Waals surface area contributed by atoms with Gasteiger partial charge in [0.2, 0.25) is 0 Å². The average molecular weight is 444 g/mol. The highest BCUT2D eigenvalue weighted by Gasteiger charge is 2.30. The highest BCUT2D eigenvalue weighted by molar-refractivity contribution is 7.17. The average Bonchev–Trinajstić information content (AvgIpc) is 3.10. The molecule has 0 spiro atoms. The van der Waals surface area contributed by atoms with E-state index in [0.29, 0.717) is 27.8 Å². The predicted octanol–water partition coefficient (Wildman–Crippen LogP) is 3.15. The van der Waals surface area contributed by atoms with Crippen LogP contribution in [0, 0.1) is 5.92 Å². The summed E-state index contributed by atoms with van der Waals surface area (Å²) in [5, 5.41) is 6.72. The van der Waals surface area contributed by atoms with E-state index in [1.54, 1.807) is 38.3 Å². The summed E-state index contributed by atoms with van der Waals surface area (Å²) in [4.78, 5) is 38.2. The van der Waals surface area contributed by atoms with Gasteiger partial charge in [0.1, 0.15) is 10.8 Å². The van der Waals surface area contributed by atoms with E-state index in [1.165, 1.54) is 17.6 Å². The van der Waals surface area contributed by atoms with Crippen LogP contribution in [0.3, 0.4) is 0 Å². The molecule has 1 aromatic heterocycles. The van der Waals surface area contributed by atoms with E-state index >= 15 is 0 Å². The van der Waals surface area contributed by atoms with Gasteiger partial charge >= 0.3 is 17.8 Å². The lowest BCUT2D eigenvalue weighted by Crippen LogP contribution is -2.32. The third kappa shape index (κ3) is 5.49. The molecule has 3 rings (SSSR count). The number of anilines is 1. The fourth-order valence-corrected chi connectivity index (χ4v) is 4.75. The Morgan fingerprint density at radius 2 is 2.10 bits per heavy atom. The number of ether oxygens (including phenoxy) is 2. The maximum Gasteiger partial charge on any atom is 0.341 e. The molecule has 0 radical (unpaired) electrons. The van der Waals surface area contributed by atoms with Crippen LogP contribution in [0.5, 0.6) is 5.75 Å². The Labute approximate surface area is 184 Å². The lowest BCUT2D eigenvalue weighted by molar-refractivity contribution is -0.136. The molecule has 31 heavy (non-hydrogen) atoms. The van der Waals surface area contributed by atoms with Gasteiger partial charge in [0, 0.05) is 4.88 Å². The molecule has 0 aliphatic heterocycles. The summed E-state index contributed by atoms with van der Waals surface area (Å²) in [5.41, 5.74) is 4.16. The second-order valence-electron chi connectivity index (χ2n) is 7.21. The number of hydrogen-bond donors (Lipinski definition) is 2. The number of amides is 2. The lowest BCUT2D eigenvalue weighted by atomic mass is 9.88. The molecule has 2 amide bonds. The van der Waals surface area contributed by atoms with Crippen molar-refractivity contribution in [1.29, 1.82) is 0 Å². The van der Waals surface area contributed by atoms with Crippen molar-refractivity contribution in [2.75, 3.05) is 19.0 Å². The second-order valence-corrected chi connectivity index (χ2v) is 8.31. The molecule has 0 unspecified atom stereocenters. The van der Waals surface area contributed by atoms with Crippen LogP contribution in [0.4, 0.5) is 5.00 Å². The number of hydrogen-bond acceptors (Lipinski definition) is 7. The molecule has 164 valence electrons. The summed E-state index contributed by atoms with van der Waals surface area (Å²) < 4.78 is 10.3. The standard InChI is InChI=1S/C22H25N3O5S/c1-4-30-22(28)18-16-9-8-13(2)10-17(16)31-21(18)24-19(26)20(27)25-23-12-14-6-5-7-15(11-14)29-3/h5-7,11-13H,4,8-10H2,1-3H3,(H,24,26)(H,25,27)/b23-12-/t13-/m1/s1. The summed E-state index contributed by atoms with van der Waals surface area (Å²) in [5.74, 6) is -1.18. The van der Waals surface area contributed by atoms with Crippen molar-refractivity contribution in [3.05, 3.63) is 45.8 Å². The molecule has 1 aliphatic rings. The summed E-state index contributed by atoms with van der Waals surface area (Å²) in [6, 6.07) is 7.08.